The van der Waals surface area contributed by atoms with Crippen molar-refractivity contribution < 1.29 is 4.74 Å². The number of anilines is 2. The molecule has 3 aromatic rings. The number of ether oxygens (including phenoxy) is 1. The van der Waals surface area contributed by atoms with Gasteiger partial charge in [-0.2, -0.15) is 4.98 Å². The third-order valence-corrected chi connectivity index (χ3v) is 4.59. The first-order valence-electron chi connectivity index (χ1n) is 8.30. The molecular formula is C20H20ClN3O2. The first-order valence-corrected chi connectivity index (χ1v) is 8.68. The van der Waals surface area contributed by atoms with Gasteiger partial charge in [-0.15, -0.1) is 0 Å². The molecule has 0 radical (unpaired) electrons. The average Bonchev–Trinajstić information content (AvgIpc) is 2.65. The van der Waals surface area contributed by atoms with Crippen molar-refractivity contribution in [1.29, 1.82) is 0 Å². The highest BCUT2D eigenvalue weighted by molar-refractivity contribution is 6.31. The van der Waals surface area contributed by atoms with E-state index in [4.69, 9.17) is 16.3 Å². The predicted octanol–water partition coefficient (Wildman–Crippen LogP) is 4.20. The normalized spacial score (nSPS) is 10.6. The quantitative estimate of drug-likeness (QED) is 0.707. The van der Waals surface area contributed by atoms with Gasteiger partial charge in [-0.05, 0) is 36.6 Å². The summed E-state index contributed by atoms with van der Waals surface area (Å²) in [5, 5.41) is 3.88. The summed E-state index contributed by atoms with van der Waals surface area (Å²) in [6, 6.07) is 15.7. The first kappa shape index (κ1) is 18.0. The number of rotatable bonds is 6. The van der Waals surface area contributed by atoms with E-state index in [1.165, 1.54) is 12.7 Å². The number of benzene rings is 2. The summed E-state index contributed by atoms with van der Waals surface area (Å²) in [5.41, 5.74) is 2.50. The van der Waals surface area contributed by atoms with Crippen molar-refractivity contribution in [1.82, 2.24) is 9.55 Å². The Kier molecular flexibility index (Phi) is 5.58. The van der Waals surface area contributed by atoms with E-state index >= 15 is 0 Å². The monoisotopic (exact) mass is 369 g/mol. The Hall–Kier alpha value is -2.79. The SMILES string of the molecule is COc1cn(CCc2ccccc2)c(Nc2cccc(Cl)c2C)nc1=O. The smallest absolute Gasteiger partial charge is 0.316 e. The van der Waals surface area contributed by atoms with Gasteiger partial charge in [-0.25, -0.2) is 0 Å². The third kappa shape index (κ3) is 4.06. The minimum absolute atomic E-state index is 0.214. The van der Waals surface area contributed by atoms with E-state index in [1.807, 2.05) is 47.9 Å². The van der Waals surface area contributed by atoms with Gasteiger partial charge in [0.2, 0.25) is 11.7 Å². The Morgan fingerprint density at radius 3 is 2.65 bits per heavy atom. The maximum Gasteiger partial charge on any atom is 0.316 e. The predicted molar refractivity (Wildman–Crippen MR) is 105 cm³/mol. The molecule has 0 fully saturated rings. The molecule has 3 rings (SSSR count). The molecule has 0 aliphatic heterocycles. The lowest BCUT2D eigenvalue weighted by Crippen LogP contribution is -2.19. The summed E-state index contributed by atoms with van der Waals surface area (Å²) < 4.78 is 7.02. The van der Waals surface area contributed by atoms with Crippen molar-refractivity contribution in [2.75, 3.05) is 12.4 Å². The van der Waals surface area contributed by atoms with Gasteiger partial charge < -0.3 is 14.6 Å². The largest absolute Gasteiger partial charge is 0.490 e. The molecule has 6 heteroatoms. The molecule has 2 aromatic carbocycles. The first-order chi connectivity index (χ1) is 12.6. The fourth-order valence-electron chi connectivity index (χ4n) is 2.64. The summed E-state index contributed by atoms with van der Waals surface area (Å²) in [5.74, 6) is 0.670. The minimum atomic E-state index is -0.411. The second-order valence-electron chi connectivity index (χ2n) is 5.90. The van der Waals surface area contributed by atoms with E-state index in [1.54, 1.807) is 6.20 Å². The average molecular weight is 370 g/mol. The van der Waals surface area contributed by atoms with Crippen LogP contribution < -0.4 is 15.6 Å². The van der Waals surface area contributed by atoms with Crippen LogP contribution in [0.15, 0.2) is 59.5 Å². The van der Waals surface area contributed by atoms with Crippen LogP contribution in [0.3, 0.4) is 0 Å². The zero-order chi connectivity index (χ0) is 18.5. The molecule has 0 saturated carbocycles. The molecule has 0 spiro atoms. The Labute approximate surface area is 157 Å². The molecule has 0 atom stereocenters. The maximum atomic E-state index is 12.1. The van der Waals surface area contributed by atoms with Crippen molar-refractivity contribution >= 4 is 23.2 Å². The van der Waals surface area contributed by atoms with Crippen molar-refractivity contribution in [3.8, 4) is 5.75 Å². The summed E-state index contributed by atoms with van der Waals surface area (Å²) in [4.78, 5) is 16.3. The van der Waals surface area contributed by atoms with Crippen LogP contribution in [-0.2, 0) is 13.0 Å². The zero-order valence-electron chi connectivity index (χ0n) is 14.7. The van der Waals surface area contributed by atoms with Crippen LogP contribution in [0.1, 0.15) is 11.1 Å². The van der Waals surface area contributed by atoms with Crippen molar-refractivity contribution in [3.05, 3.63) is 81.2 Å². The van der Waals surface area contributed by atoms with E-state index in [0.29, 0.717) is 17.5 Å². The number of methoxy groups -OCH3 is 1. The van der Waals surface area contributed by atoms with Crippen molar-refractivity contribution in [2.24, 2.45) is 0 Å². The number of hydrogen-bond acceptors (Lipinski definition) is 4. The number of hydrogen-bond donors (Lipinski definition) is 1. The van der Waals surface area contributed by atoms with Crippen LogP contribution >= 0.6 is 11.6 Å². The summed E-state index contributed by atoms with van der Waals surface area (Å²) in [7, 11) is 1.47. The van der Waals surface area contributed by atoms with Crippen LogP contribution in [0.25, 0.3) is 0 Å². The summed E-state index contributed by atoms with van der Waals surface area (Å²) in [6.45, 7) is 2.57. The van der Waals surface area contributed by atoms with Gasteiger partial charge in [0.25, 0.3) is 0 Å². The fourth-order valence-corrected chi connectivity index (χ4v) is 2.82. The molecule has 0 bridgehead atoms. The molecule has 1 aromatic heterocycles. The number of nitrogens with zero attached hydrogens (tertiary/aromatic N) is 2. The minimum Gasteiger partial charge on any atom is -0.490 e. The number of halogens is 1. The molecule has 134 valence electrons. The topological polar surface area (TPSA) is 56.1 Å². The summed E-state index contributed by atoms with van der Waals surface area (Å²) >= 11 is 6.19. The lowest BCUT2D eigenvalue weighted by atomic mass is 10.1. The van der Waals surface area contributed by atoms with Gasteiger partial charge in [-0.3, -0.25) is 4.79 Å². The van der Waals surface area contributed by atoms with Crippen LogP contribution in [-0.4, -0.2) is 16.7 Å². The van der Waals surface area contributed by atoms with Crippen LogP contribution in [0.5, 0.6) is 5.75 Å². The fraction of sp³-hybridized carbons (Fsp3) is 0.200. The molecule has 0 unspecified atom stereocenters. The molecule has 0 saturated heterocycles. The van der Waals surface area contributed by atoms with Gasteiger partial charge in [-0.1, -0.05) is 48.0 Å². The van der Waals surface area contributed by atoms with Gasteiger partial charge in [0.15, 0.2) is 0 Å². The lowest BCUT2D eigenvalue weighted by Gasteiger charge is -2.16. The highest BCUT2D eigenvalue weighted by atomic mass is 35.5. The molecular weight excluding hydrogens is 350 g/mol. The van der Waals surface area contributed by atoms with Crippen LogP contribution in [0.4, 0.5) is 11.6 Å². The van der Waals surface area contributed by atoms with Crippen molar-refractivity contribution in [3.63, 3.8) is 0 Å². The van der Waals surface area contributed by atoms with Gasteiger partial charge >= 0.3 is 5.56 Å². The van der Waals surface area contributed by atoms with Gasteiger partial charge in [0.1, 0.15) is 0 Å². The number of aryl methyl sites for hydroxylation is 2. The Morgan fingerprint density at radius 2 is 1.92 bits per heavy atom. The molecule has 5 nitrogen and oxygen atoms in total. The number of aromatic nitrogens is 2. The third-order valence-electron chi connectivity index (χ3n) is 4.18. The van der Waals surface area contributed by atoms with E-state index < -0.39 is 5.56 Å². The highest BCUT2D eigenvalue weighted by Gasteiger charge is 2.11. The lowest BCUT2D eigenvalue weighted by molar-refractivity contribution is 0.401. The Bertz CT molecular complexity index is 955. The molecule has 0 aliphatic carbocycles. The van der Waals surface area contributed by atoms with Crippen molar-refractivity contribution in [2.45, 2.75) is 19.9 Å². The Morgan fingerprint density at radius 1 is 1.15 bits per heavy atom. The van der Waals surface area contributed by atoms with E-state index in [9.17, 15) is 4.79 Å². The second kappa shape index (κ2) is 8.06. The number of nitrogens with one attached hydrogen (secondary N) is 1. The van der Waals surface area contributed by atoms with Crippen LogP contribution in [0, 0.1) is 6.92 Å². The van der Waals surface area contributed by atoms with Crippen LogP contribution in [0.2, 0.25) is 5.02 Å². The molecule has 1 heterocycles. The molecule has 0 amide bonds. The highest BCUT2D eigenvalue weighted by Crippen LogP contribution is 2.25. The zero-order valence-corrected chi connectivity index (χ0v) is 15.5. The molecule has 1 N–H and O–H groups in total. The van der Waals surface area contributed by atoms with Gasteiger partial charge in [0.05, 0.1) is 13.3 Å². The standard InChI is InChI=1S/C20H20ClN3O2/c1-14-16(21)9-6-10-17(14)22-20-23-19(25)18(26-2)13-24(20)12-11-15-7-4-3-5-8-15/h3-10,13H,11-12H2,1-2H3,(H,22,23,25). The summed E-state index contributed by atoms with van der Waals surface area (Å²) in [6.07, 6.45) is 2.48. The van der Waals surface area contributed by atoms with E-state index in [2.05, 4.69) is 22.4 Å². The molecule has 0 aliphatic rings. The second-order valence-corrected chi connectivity index (χ2v) is 6.31. The maximum absolute atomic E-state index is 12.1. The van der Waals surface area contributed by atoms with Gasteiger partial charge in [0, 0.05) is 17.3 Å². The van der Waals surface area contributed by atoms with E-state index in [-0.39, 0.29) is 5.75 Å². The Balaban J connectivity index is 1.93. The van der Waals surface area contributed by atoms with E-state index in [0.717, 1.165) is 17.7 Å². The molecule has 26 heavy (non-hydrogen) atoms.